The summed E-state index contributed by atoms with van der Waals surface area (Å²) in [4.78, 5) is 24.7. The first kappa shape index (κ1) is 28.5. The number of ether oxygens (including phenoxy) is 1. The van der Waals surface area contributed by atoms with Gasteiger partial charge in [0.25, 0.3) is 0 Å². The van der Waals surface area contributed by atoms with E-state index in [4.69, 9.17) is 20.1 Å². The van der Waals surface area contributed by atoms with Gasteiger partial charge in [0.15, 0.2) is 6.23 Å². The minimum Gasteiger partial charge on any atom is -0.478 e. The van der Waals surface area contributed by atoms with Crippen molar-refractivity contribution in [3.05, 3.63) is 101 Å². The number of aromatic carboxylic acids is 2. The molecular weight excluding hydrogens is 492 g/mol. The van der Waals surface area contributed by atoms with Crippen LogP contribution < -0.4 is 0 Å². The highest BCUT2D eigenvalue weighted by atomic mass is 16.6. The second kappa shape index (κ2) is 12.9. The number of aryl methyl sites for hydroxylation is 2. The van der Waals surface area contributed by atoms with Crippen molar-refractivity contribution in [2.45, 2.75) is 38.4 Å². The molecular formula is C28H30N2O8. The van der Waals surface area contributed by atoms with E-state index >= 15 is 0 Å². The molecule has 1 fully saturated rings. The van der Waals surface area contributed by atoms with Gasteiger partial charge in [0.05, 0.1) is 35.1 Å². The van der Waals surface area contributed by atoms with Crippen molar-refractivity contribution in [3.8, 4) is 0 Å². The van der Waals surface area contributed by atoms with Gasteiger partial charge in [0.1, 0.15) is 18.3 Å². The first-order valence-electron chi connectivity index (χ1n) is 11.8. The van der Waals surface area contributed by atoms with E-state index in [9.17, 15) is 19.8 Å². The van der Waals surface area contributed by atoms with Crippen molar-refractivity contribution in [1.82, 2.24) is 9.55 Å². The molecule has 4 aromatic rings. The second-order valence-electron chi connectivity index (χ2n) is 8.65. The number of carbonyl (C=O) groups is 2. The zero-order valence-corrected chi connectivity index (χ0v) is 20.9. The largest absolute Gasteiger partial charge is 0.478 e. The van der Waals surface area contributed by atoms with Gasteiger partial charge < -0.3 is 34.8 Å². The summed E-state index contributed by atoms with van der Waals surface area (Å²) in [7, 11) is 0. The Morgan fingerprint density at radius 3 is 1.76 bits per heavy atom. The van der Waals surface area contributed by atoms with Crippen molar-refractivity contribution in [3.63, 3.8) is 0 Å². The van der Waals surface area contributed by atoms with Crippen molar-refractivity contribution in [1.29, 1.82) is 0 Å². The summed E-state index contributed by atoms with van der Waals surface area (Å²) in [5.74, 6) is -1.76. The monoisotopic (exact) mass is 522 g/mol. The molecule has 1 aliphatic heterocycles. The molecule has 0 bridgehead atoms. The fraction of sp³-hybridized carbons (Fsp3) is 0.250. The van der Waals surface area contributed by atoms with Gasteiger partial charge in [-0.2, -0.15) is 0 Å². The third kappa shape index (κ3) is 6.81. The highest BCUT2D eigenvalue weighted by molar-refractivity contribution is 5.87. The van der Waals surface area contributed by atoms with Gasteiger partial charge >= 0.3 is 11.9 Å². The van der Waals surface area contributed by atoms with E-state index in [0.29, 0.717) is 11.1 Å². The van der Waals surface area contributed by atoms with Gasteiger partial charge in [0, 0.05) is 0 Å². The van der Waals surface area contributed by atoms with Gasteiger partial charge in [-0.3, -0.25) is 0 Å². The Labute approximate surface area is 219 Å². The quantitative estimate of drug-likeness (QED) is 0.271. The van der Waals surface area contributed by atoms with Crippen LogP contribution >= 0.6 is 0 Å². The summed E-state index contributed by atoms with van der Waals surface area (Å²) in [6.45, 7) is 3.68. The van der Waals surface area contributed by atoms with E-state index in [1.807, 2.05) is 26.0 Å². The minimum absolute atomic E-state index is 0.331. The first-order chi connectivity index (χ1) is 18.1. The molecule has 38 heavy (non-hydrogen) atoms. The molecule has 0 radical (unpaired) electrons. The summed E-state index contributed by atoms with van der Waals surface area (Å²) in [6, 6.07) is 20.5. The highest BCUT2D eigenvalue weighted by Gasteiger charge is 2.43. The number of hydrogen-bond acceptors (Lipinski definition) is 7. The number of carboxylic acids is 2. The van der Waals surface area contributed by atoms with Crippen LogP contribution in [0.5, 0.6) is 0 Å². The molecule has 0 spiro atoms. The molecule has 0 saturated carbocycles. The number of imidazole rings is 1. The number of nitrogens with zero attached hydrogens (tertiary/aromatic N) is 2. The Morgan fingerprint density at radius 1 is 0.842 bits per heavy atom. The molecule has 1 aromatic heterocycles. The van der Waals surface area contributed by atoms with Gasteiger partial charge in [-0.1, -0.05) is 36.4 Å². The van der Waals surface area contributed by atoms with E-state index in [1.54, 1.807) is 71.6 Å². The lowest BCUT2D eigenvalue weighted by atomic mass is 10.1. The number of aliphatic hydroxyl groups is 3. The van der Waals surface area contributed by atoms with Crippen LogP contribution in [0.4, 0.5) is 0 Å². The molecule has 3 aromatic carbocycles. The lowest BCUT2D eigenvalue weighted by Gasteiger charge is -2.17. The van der Waals surface area contributed by atoms with Crippen LogP contribution in [0.2, 0.25) is 0 Å². The smallest absolute Gasteiger partial charge is 0.335 e. The fourth-order valence-corrected chi connectivity index (χ4v) is 3.76. The van der Waals surface area contributed by atoms with Gasteiger partial charge in [-0.05, 0) is 61.4 Å². The predicted octanol–water partition coefficient (Wildman–Crippen LogP) is 3.03. The van der Waals surface area contributed by atoms with Crippen molar-refractivity contribution in [2.24, 2.45) is 0 Å². The Kier molecular flexibility index (Phi) is 9.69. The molecule has 10 heteroatoms. The number of carboxylic acid groups (broad SMARTS) is 2. The van der Waals surface area contributed by atoms with Crippen molar-refractivity contribution >= 4 is 23.0 Å². The summed E-state index contributed by atoms with van der Waals surface area (Å²) in [5, 5.41) is 45.8. The third-order valence-electron chi connectivity index (χ3n) is 6.02. The van der Waals surface area contributed by atoms with Gasteiger partial charge in [-0.25, -0.2) is 14.6 Å². The maximum atomic E-state index is 10.2. The third-order valence-corrected chi connectivity index (χ3v) is 6.02. The molecule has 5 rings (SSSR count). The van der Waals surface area contributed by atoms with Gasteiger partial charge in [0.2, 0.25) is 0 Å². The summed E-state index contributed by atoms with van der Waals surface area (Å²) in [5.41, 5.74) is 4.57. The Hall–Kier alpha value is -4.09. The van der Waals surface area contributed by atoms with Crippen molar-refractivity contribution < 1.29 is 39.9 Å². The minimum atomic E-state index is -1.10. The van der Waals surface area contributed by atoms with E-state index in [-0.39, 0.29) is 6.61 Å². The normalized spacial score (nSPS) is 20.1. The van der Waals surface area contributed by atoms with Crippen LogP contribution in [0.15, 0.2) is 79.1 Å². The number of fused-ring (bicyclic) bond motifs is 1. The molecule has 1 aliphatic rings. The fourth-order valence-electron chi connectivity index (χ4n) is 3.76. The van der Waals surface area contributed by atoms with Crippen LogP contribution in [0.3, 0.4) is 0 Å². The number of aliphatic hydroxyl groups excluding tert-OH is 3. The van der Waals surface area contributed by atoms with Crippen LogP contribution in [0.1, 0.15) is 38.1 Å². The van der Waals surface area contributed by atoms with Gasteiger partial charge in [-0.15, -0.1) is 0 Å². The summed E-state index contributed by atoms with van der Waals surface area (Å²) in [6.07, 6.45) is -2.13. The van der Waals surface area contributed by atoms with E-state index < -0.39 is 36.5 Å². The number of aromatic nitrogens is 2. The van der Waals surface area contributed by atoms with Crippen LogP contribution in [-0.4, -0.2) is 71.9 Å². The SMILES string of the molecule is Cc1cc2ncn([C@H]3O[C@H](CO)[C@@H](O)[C@H]3O)c2cc1C.O=C(O)c1ccccc1.O=C(O)c1ccccc1. The predicted molar refractivity (Wildman–Crippen MR) is 139 cm³/mol. The zero-order chi connectivity index (χ0) is 27.8. The molecule has 4 atom stereocenters. The molecule has 0 amide bonds. The Balaban J connectivity index is 0.000000184. The molecule has 5 N–H and O–H groups in total. The average Bonchev–Trinajstić information content (AvgIpc) is 3.45. The molecule has 0 unspecified atom stereocenters. The summed E-state index contributed by atoms with van der Waals surface area (Å²) >= 11 is 0. The number of hydrogen-bond donors (Lipinski definition) is 5. The number of benzene rings is 3. The first-order valence-corrected chi connectivity index (χ1v) is 11.8. The van der Waals surface area contributed by atoms with Crippen molar-refractivity contribution in [2.75, 3.05) is 6.61 Å². The lowest BCUT2D eigenvalue weighted by molar-refractivity contribution is -0.0508. The van der Waals surface area contributed by atoms with E-state index in [1.165, 1.54) is 0 Å². The maximum Gasteiger partial charge on any atom is 0.335 e. The topological polar surface area (TPSA) is 162 Å². The van der Waals surface area contributed by atoms with E-state index in [0.717, 1.165) is 22.2 Å². The number of rotatable bonds is 4. The Bertz CT molecular complexity index is 1310. The zero-order valence-electron chi connectivity index (χ0n) is 20.9. The maximum absolute atomic E-state index is 10.2. The molecule has 1 saturated heterocycles. The molecule has 10 nitrogen and oxygen atoms in total. The van der Waals surface area contributed by atoms with Crippen LogP contribution in [0.25, 0.3) is 11.0 Å². The molecule has 200 valence electrons. The standard InChI is InChI=1S/C14H18N2O4.2C7H6O2/c1-7-3-9-10(4-8(7)2)16(6-15-9)14-13(19)12(18)11(5-17)20-14;2*8-7(9)6-4-2-1-3-5-6/h3-4,6,11-14,17-19H,5H2,1-2H3;2*1-5H,(H,8,9)/t11-,12-,13-,14+;;/m1../s1. The lowest BCUT2D eigenvalue weighted by Crippen LogP contribution is -2.33. The Morgan fingerprint density at radius 2 is 1.34 bits per heavy atom. The van der Waals surface area contributed by atoms with Crippen LogP contribution in [0, 0.1) is 13.8 Å². The second-order valence-corrected chi connectivity index (χ2v) is 8.65. The molecule has 2 heterocycles. The van der Waals surface area contributed by atoms with E-state index in [2.05, 4.69) is 4.98 Å². The highest BCUT2D eigenvalue weighted by Crippen LogP contribution is 2.32. The van der Waals surface area contributed by atoms with Crippen LogP contribution in [-0.2, 0) is 4.74 Å². The molecule has 0 aliphatic carbocycles. The average molecular weight is 523 g/mol. The summed E-state index contributed by atoms with van der Waals surface area (Å²) < 4.78 is 7.23.